The Kier molecular flexibility index (Phi) is 6.10. The highest BCUT2D eigenvalue weighted by Crippen LogP contribution is 2.43. The number of nitriles is 1. The number of rotatable bonds is 6. The third kappa shape index (κ3) is 3.92. The van der Waals surface area contributed by atoms with Crippen LogP contribution >= 0.6 is 11.8 Å². The summed E-state index contributed by atoms with van der Waals surface area (Å²) in [6.45, 7) is 2.18. The number of amides is 4. The van der Waals surface area contributed by atoms with Gasteiger partial charge in [-0.15, -0.1) is 11.8 Å². The Balaban J connectivity index is 1.49. The average Bonchev–Trinajstić information content (AvgIpc) is 3.47. The number of aryl methyl sites for hydroxylation is 1. The lowest BCUT2D eigenvalue weighted by molar-refractivity contribution is -0.143. The smallest absolute Gasteiger partial charge is 0.271 e. The van der Waals surface area contributed by atoms with E-state index in [2.05, 4.69) is 21.9 Å². The van der Waals surface area contributed by atoms with Gasteiger partial charge in [-0.1, -0.05) is 5.16 Å². The van der Waals surface area contributed by atoms with Gasteiger partial charge in [-0.2, -0.15) is 5.26 Å². The summed E-state index contributed by atoms with van der Waals surface area (Å²) in [5.41, 5.74) is 5.71. The molecular formula is C20H24N6O5S. The second-order valence-electron chi connectivity index (χ2n) is 8.25. The molecule has 3 saturated heterocycles. The number of hydrogen-bond donors (Lipinski definition) is 3. The van der Waals surface area contributed by atoms with Crippen molar-refractivity contribution in [1.29, 1.82) is 5.26 Å². The zero-order valence-corrected chi connectivity index (χ0v) is 18.3. The summed E-state index contributed by atoms with van der Waals surface area (Å²) in [4.78, 5) is 51.6. The summed E-state index contributed by atoms with van der Waals surface area (Å²) >= 11 is 1.52. The lowest BCUT2D eigenvalue weighted by Crippen LogP contribution is -2.54. The Hall–Kier alpha value is -3.07. The van der Waals surface area contributed by atoms with Crippen LogP contribution in [0.3, 0.4) is 0 Å². The molecule has 1 aromatic rings. The summed E-state index contributed by atoms with van der Waals surface area (Å²) in [7, 11) is 0. The zero-order chi connectivity index (χ0) is 23.0. The minimum absolute atomic E-state index is 0.0634. The molecule has 4 N–H and O–H groups in total. The molecule has 0 unspecified atom stereocenters. The van der Waals surface area contributed by atoms with E-state index >= 15 is 0 Å². The molecule has 4 amide bonds. The van der Waals surface area contributed by atoms with Gasteiger partial charge in [-0.05, 0) is 32.6 Å². The molecule has 0 radical (unpaired) electrons. The number of aromatic nitrogens is 1. The van der Waals surface area contributed by atoms with Crippen molar-refractivity contribution in [3.05, 3.63) is 17.0 Å². The standard InChI is InChI=1S/C20H24N6O5S/c1-9-15(16(17(22)27)25-31-9)12-2-3-14-26(20(12)30)13(8-32-14)19(29)24-11(7-21)6-10-4-5-23-18(10)28/h10-14H,2-6,8H2,1H3,(H2,22,27)(H,23,28)(H,24,29)/t10-,11-,12-,13-,14-/m0/s1. The van der Waals surface area contributed by atoms with Gasteiger partial charge in [0.05, 0.1) is 17.4 Å². The van der Waals surface area contributed by atoms with Gasteiger partial charge in [-0.3, -0.25) is 19.2 Å². The molecule has 3 aliphatic heterocycles. The maximum atomic E-state index is 13.4. The maximum absolute atomic E-state index is 13.4. The SMILES string of the molecule is Cc1onc(C(N)=O)c1[C@@H]1CC[C@@H]2SC[C@@H](C(=O)N[C@H](C#N)C[C@@H]3CCNC3=O)N2C1=O. The molecule has 3 fully saturated rings. The number of nitrogens with two attached hydrogens (primary N) is 1. The van der Waals surface area contributed by atoms with Crippen LogP contribution in [0.1, 0.15) is 53.4 Å². The predicted octanol–water partition coefficient (Wildman–Crippen LogP) is -0.236. The van der Waals surface area contributed by atoms with Gasteiger partial charge in [0.25, 0.3) is 5.91 Å². The molecule has 0 spiro atoms. The fourth-order valence-electron chi connectivity index (χ4n) is 4.70. The van der Waals surface area contributed by atoms with Crippen molar-refractivity contribution in [2.75, 3.05) is 12.3 Å². The molecule has 0 saturated carbocycles. The van der Waals surface area contributed by atoms with E-state index in [9.17, 15) is 24.4 Å². The first kappa shape index (κ1) is 22.1. The van der Waals surface area contributed by atoms with Crippen LogP contribution in [0.15, 0.2) is 4.52 Å². The molecule has 4 rings (SSSR count). The summed E-state index contributed by atoms with van der Waals surface area (Å²) < 4.78 is 5.11. The van der Waals surface area contributed by atoms with Crippen LogP contribution in [0.4, 0.5) is 0 Å². The molecule has 11 nitrogen and oxygen atoms in total. The Morgan fingerprint density at radius 3 is 2.84 bits per heavy atom. The molecular weight excluding hydrogens is 436 g/mol. The van der Waals surface area contributed by atoms with Crippen molar-refractivity contribution in [2.24, 2.45) is 11.7 Å². The lowest BCUT2D eigenvalue weighted by atomic mass is 9.87. The van der Waals surface area contributed by atoms with E-state index in [0.717, 1.165) is 0 Å². The van der Waals surface area contributed by atoms with Gasteiger partial charge in [0, 0.05) is 23.8 Å². The van der Waals surface area contributed by atoms with Crippen molar-refractivity contribution >= 4 is 35.4 Å². The van der Waals surface area contributed by atoms with E-state index in [1.807, 2.05) is 0 Å². The van der Waals surface area contributed by atoms with E-state index in [4.69, 9.17) is 10.3 Å². The summed E-state index contributed by atoms with van der Waals surface area (Å²) in [5, 5.41) is 18.5. The Labute approximate surface area is 188 Å². The molecule has 1 aromatic heterocycles. The van der Waals surface area contributed by atoms with Gasteiger partial charge in [0.2, 0.25) is 17.7 Å². The minimum Gasteiger partial charge on any atom is -0.364 e. The molecule has 5 atom stereocenters. The summed E-state index contributed by atoms with van der Waals surface area (Å²) in [6.07, 6.45) is 1.98. The molecule has 170 valence electrons. The van der Waals surface area contributed by atoms with Gasteiger partial charge in [0.1, 0.15) is 17.8 Å². The van der Waals surface area contributed by atoms with Gasteiger partial charge >= 0.3 is 0 Å². The van der Waals surface area contributed by atoms with E-state index in [1.54, 1.807) is 11.8 Å². The number of carbonyl (C=O) groups excluding carboxylic acids is 4. The van der Waals surface area contributed by atoms with E-state index < -0.39 is 29.8 Å². The topological polar surface area (TPSA) is 171 Å². The second-order valence-corrected chi connectivity index (χ2v) is 9.46. The second kappa shape index (κ2) is 8.82. The van der Waals surface area contributed by atoms with Crippen molar-refractivity contribution in [1.82, 2.24) is 20.7 Å². The number of piperidine rings is 1. The highest BCUT2D eigenvalue weighted by atomic mass is 32.2. The highest BCUT2D eigenvalue weighted by molar-refractivity contribution is 8.00. The maximum Gasteiger partial charge on any atom is 0.271 e. The number of nitrogens with zero attached hydrogens (tertiary/aromatic N) is 3. The average molecular weight is 461 g/mol. The third-order valence-electron chi connectivity index (χ3n) is 6.30. The number of carbonyl (C=O) groups is 4. The molecule has 3 aliphatic rings. The Bertz CT molecular complexity index is 1000. The van der Waals surface area contributed by atoms with Crippen molar-refractivity contribution in [3.8, 4) is 6.07 Å². The summed E-state index contributed by atoms with van der Waals surface area (Å²) in [5.74, 6) is -1.83. The van der Waals surface area contributed by atoms with Crippen LogP contribution in [0, 0.1) is 24.2 Å². The molecule has 0 aromatic carbocycles. The third-order valence-corrected chi connectivity index (χ3v) is 7.65. The number of hydrogen-bond acceptors (Lipinski definition) is 8. The first-order valence-electron chi connectivity index (χ1n) is 10.5. The lowest BCUT2D eigenvalue weighted by Gasteiger charge is -2.37. The van der Waals surface area contributed by atoms with E-state index in [0.29, 0.717) is 42.9 Å². The van der Waals surface area contributed by atoms with Crippen LogP contribution in [-0.4, -0.2) is 63.4 Å². The Morgan fingerprint density at radius 1 is 1.41 bits per heavy atom. The van der Waals surface area contributed by atoms with Crippen molar-refractivity contribution in [3.63, 3.8) is 0 Å². The predicted molar refractivity (Wildman–Crippen MR) is 112 cm³/mol. The summed E-state index contributed by atoms with van der Waals surface area (Å²) in [6, 6.07) is 0.485. The van der Waals surface area contributed by atoms with Crippen molar-refractivity contribution < 1.29 is 23.7 Å². The number of thioether (sulfide) groups is 1. The molecule has 12 heteroatoms. The highest BCUT2D eigenvalue weighted by Gasteiger charge is 2.48. The quantitative estimate of drug-likeness (QED) is 0.522. The van der Waals surface area contributed by atoms with Crippen LogP contribution < -0.4 is 16.4 Å². The largest absolute Gasteiger partial charge is 0.364 e. The minimum atomic E-state index is -0.821. The molecule has 0 aliphatic carbocycles. The monoisotopic (exact) mass is 460 g/mol. The molecule has 0 bridgehead atoms. The number of nitrogens with one attached hydrogen (secondary N) is 2. The van der Waals surface area contributed by atoms with Crippen LogP contribution in [-0.2, 0) is 14.4 Å². The zero-order valence-electron chi connectivity index (χ0n) is 17.5. The normalized spacial score (nSPS) is 28.1. The van der Waals surface area contributed by atoms with Crippen molar-refractivity contribution in [2.45, 2.75) is 56.0 Å². The van der Waals surface area contributed by atoms with Crippen LogP contribution in [0.5, 0.6) is 0 Å². The number of fused-ring (bicyclic) bond motifs is 1. The van der Waals surface area contributed by atoms with Gasteiger partial charge in [0.15, 0.2) is 5.69 Å². The number of primary amides is 1. The fraction of sp³-hybridized carbons (Fsp3) is 0.600. The molecule has 32 heavy (non-hydrogen) atoms. The first-order valence-corrected chi connectivity index (χ1v) is 11.5. The Morgan fingerprint density at radius 2 is 2.19 bits per heavy atom. The van der Waals surface area contributed by atoms with Gasteiger partial charge in [-0.25, -0.2) is 0 Å². The first-order chi connectivity index (χ1) is 15.3. The van der Waals surface area contributed by atoms with E-state index in [1.165, 1.54) is 11.8 Å². The van der Waals surface area contributed by atoms with E-state index in [-0.39, 0.29) is 35.2 Å². The van der Waals surface area contributed by atoms with Crippen LogP contribution in [0.25, 0.3) is 0 Å². The van der Waals surface area contributed by atoms with Crippen LogP contribution in [0.2, 0.25) is 0 Å². The molecule has 4 heterocycles. The fourth-order valence-corrected chi connectivity index (χ4v) is 6.13. The van der Waals surface area contributed by atoms with Gasteiger partial charge < -0.3 is 25.8 Å².